The van der Waals surface area contributed by atoms with Crippen molar-refractivity contribution in [2.75, 3.05) is 20.4 Å². The molecule has 0 bridgehead atoms. The Balaban J connectivity index is 2.08. The molecule has 0 saturated heterocycles. The van der Waals surface area contributed by atoms with E-state index in [1.54, 1.807) is 29.1 Å². The van der Waals surface area contributed by atoms with Crippen molar-refractivity contribution in [1.29, 1.82) is 0 Å². The van der Waals surface area contributed by atoms with E-state index >= 15 is 0 Å². The van der Waals surface area contributed by atoms with Crippen LogP contribution in [0, 0.1) is 0 Å². The van der Waals surface area contributed by atoms with E-state index in [2.05, 4.69) is 5.10 Å². The number of amides is 1. The second kappa shape index (κ2) is 7.13. The van der Waals surface area contributed by atoms with Gasteiger partial charge in [0.1, 0.15) is 16.3 Å². The van der Waals surface area contributed by atoms with Gasteiger partial charge in [-0.3, -0.25) is 9.63 Å². The van der Waals surface area contributed by atoms with Crippen LogP contribution in [0.1, 0.15) is 0 Å². The van der Waals surface area contributed by atoms with Gasteiger partial charge in [0.15, 0.2) is 9.84 Å². The van der Waals surface area contributed by atoms with E-state index < -0.39 is 21.5 Å². The lowest BCUT2D eigenvalue weighted by Gasteiger charge is -2.12. The van der Waals surface area contributed by atoms with Gasteiger partial charge >= 0.3 is 5.76 Å². The highest BCUT2D eigenvalue weighted by Crippen LogP contribution is 2.37. The first kappa shape index (κ1) is 19.1. The van der Waals surface area contributed by atoms with Crippen LogP contribution in [0.4, 0.5) is 0 Å². The second-order valence-electron chi connectivity index (χ2n) is 5.54. The lowest BCUT2D eigenvalue weighted by Crippen LogP contribution is -2.32. The Labute approximate surface area is 158 Å². The molecule has 0 spiro atoms. The summed E-state index contributed by atoms with van der Waals surface area (Å²) in [4.78, 5) is 29.2. The molecule has 0 aliphatic carbocycles. The smallest absolute Gasteiger partial charge is 0.387 e. The van der Waals surface area contributed by atoms with E-state index in [9.17, 15) is 18.0 Å². The van der Waals surface area contributed by atoms with Crippen molar-refractivity contribution in [2.24, 2.45) is 0 Å². The number of aromatic nitrogens is 3. The number of rotatable bonds is 6. The zero-order chi connectivity index (χ0) is 19.8. The van der Waals surface area contributed by atoms with E-state index in [1.165, 1.54) is 19.5 Å². The molecular formula is C15H16N4O6S2. The number of carbonyl (C=O) groups excluding carboxylic acids is 1. The molecule has 0 aliphatic heterocycles. The first-order valence-corrected chi connectivity index (χ1v) is 10.3. The quantitative estimate of drug-likeness (QED) is 0.549. The summed E-state index contributed by atoms with van der Waals surface area (Å²) < 4.78 is 31.9. The maximum absolute atomic E-state index is 12.1. The number of nitrogens with zero attached hydrogens (tertiary/aromatic N) is 4. The van der Waals surface area contributed by atoms with Crippen LogP contribution in [0.5, 0.6) is 0 Å². The molecule has 3 heterocycles. The van der Waals surface area contributed by atoms with Gasteiger partial charge in [0.25, 0.3) is 11.8 Å². The predicted octanol–water partition coefficient (Wildman–Crippen LogP) is 0.779. The Morgan fingerprint density at radius 1 is 1.37 bits per heavy atom. The largest absolute Gasteiger partial charge is 0.437 e. The fourth-order valence-electron chi connectivity index (χ4n) is 2.31. The summed E-state index contributed by atoms with van der Waals surface area (Å²) in [6.45, 7) is -0.379. The molecule has 3 rings (SSSR count). The first-order chi connectivity index (χ1) is 12.7. The Hall–Kier alpha value is -2.70. The molecule has 0 radical (unpaired) electrons. The van der Waals surface area contributed by atoms with Crippen LogP contribution >= 0.6 is 11.3 Å². The lowest BCUT2D eigenvalue weighted by molar-refractivity contribution is -0.169. The zero-order valence-corrected chi connectivity index (χ0v) is 16.3. The molecule has 0 fully saturated rings. The third-order valence-corrected chi connectivity index (χ3v) is 5.92. The summed E-state index contributed by atoms with van der Waals surface area (Å²) >= 11 is 1.08. The van der Waals surface area contributed by atoms with Crippen molar-refractivity contribution in [3.8, 4) is 16.5 Å². The van der Waals surface area contributed by atoms with Gasteiger partial charge in [0.2, 0.25) is 0 Å². The minimum absolute atomic E-state index is 0.0727. The summed E-state index contributed by atoms with van der Waals surface area (Å²) in [6, 6.07) is 3.48. The van der Waals surface area contributed by atoms with Gasteiger partial charge in [-0.1, -0.05) is 0 Å². The van der Waals surface area contributed by atoms with E-state index in [0.29, 0.717) is 10.6 Å². The van der Waals surface area contributed by atoms with Crippen LogP contribution in [0.3, 0.4) is 0 Å². The van der Waals surface area contributed by atoms with Gasteiger partial charge < -0.3 is 8.98 Å². The van der Waals surface area contributed by atoms with E-state index in [1.807, 2.05) is 0 Å². The van der Waals surface area contributed by atoms with Crippen molar-refractivity contribution in [3.63, 3.8) is 0 Å². The number of hydrogen-bond acceptors (Lipinski definition) is 8. The average molecular weight is 412 g/mol. The van der Waals surface area contributed by atoms with Gasteiger partial charge in [0.05, 0.1) is 12.8 Å². The fraction of sp³-hybridized carbons (Fsp3) is 0.267. The molecule has 0 saturated carbocycles. The highest BCUT2D eigenvalue weighted by Gasteiger charge is 2.25. The monoisotopic (exact) mass is 412 g/mol. The Kier molecular flexibility index (Phi) is 5.04. The first-order valence-electron chi connectivity index (χ1n) is 7.56. The van der Waals surface area contributed by atoms with Crippen LogP contribution < -0.4 is 5.76 Å². The van der Waals surface area contributed by atoms with Gasteiger partial charge in [0, 0.05) is 31.1 Å². The molecule has 1 amide bonds. The van der Waals surface area contributed by atoms with Gasteiger partial charge in [-0.25, -0.2) is 18.3 Å². The molecule has 12 heteroatoms. The molecule has 3 aromatic rings. The topological polar surface area (TPSA) is 117 Å². The molecule has 0 aliphatic rings. The number of sulfone groups is 1. The highest BCUT2D eigenvalue weighted by atomic mass is 32.2. The minimum atomic E-state index is -3.53. The normalized spacial score (nSPS) is 11.7. The van der Waals surface area contributed by atoms with Crippen LogP contribution in [0.2, 0.25) is 0 Å². The third kappa shape index (κ3) is 3.72. The average Bonchev–Trinajstić information content (AvgIpc) is 3.32. The number of hydrogen-bond donors (Lipinski definition) is 0. The third-order valence-electron chi connectivity index (χ3n) is 3.71. The standard InChI is InChI=1S/C15H16N4O6S2/c1-17(24-2)11(20)8-19-15(21)25-14(16-19)13-12(18-6-4-5-7-18)10(9-26-13)27(3,22)23/h4-7,9H,8H2,1-3H3. The summed E-state index contributed by atoms with van der Waals surface area (Å²) in [5, 5.41) is 6.46. The fourth-order valence-corrected chi connectivity index (χ4v) is 4.62. The van der Waals surface area contributed by atoms with Gasteiger partial charge in [-0.15, -0.1) is 16.4 Å². The second-order valence-corrected chi connectivity index (χ2v) is 8.41. The Morgan fingerprint density at radius 3 is 2.63 bits per heavy atom. The summed E-state index contributed by atoms with van der Waals surface area (Å²) in [5.74, 6) is -1.42. The molecule has 27 heavy (non-hydrogen) atoms. The van der Waals surface area contributed by atoms with Crippen LogP contribution in [-0.2, 0) is 26.0 Å². The van der Waals surface area contributed by atoms with Crippen molar-refractivity contribution in [3.05, 3.63) is 40.5 Å². The summed E-state index contributed by atoms with van der Waals surface area (Å²) in [7, 11) is -0.811. The molecule has 3 aromatic heterocycles. The molecule has 0 aromatic carbocycles. The SMILES string of the molecule is CON(C)C(=O)Cn1nc(-c2scc(S(C)(=O)=O)c2-n2cccc2)oc1=O. The van der Waals surface area contributed by atoms with Crippen molar-refractivity contribution < 1.29 is 22.5 Å². The minimum Gasteiger partial charge on any atom is -0.387 e. The molecule has 0 atom stereocenters. The summed E-state index contributed by atoms with van der Waals surface area (Å²) in [6.07, 6.45) is 4.44. The number of thiophene rings is 1. The van der Waals surface area contributed by atoms with Crippen LogP contribution in [0.25, 0.3) is 16.5 Å². The lowest BCUT2D eigenvalue weighted by atomic mass is 10.4. The van der Waals surface area contributed by atoms with Gasteiger partial charge in [-0.05, 0) is 12.1 Å². The molecular weight excluding hydrogens is 396 g/mol. The number of likely N-dealkylation sites (N-methyl/N-ethyl adjacent to an activating group) is 1. The zero-order valence-electron chi connectivity index (χ0n) is 14.6. The number of hydroxylamine groups is 2. The van der Waals surface area contributed by atoms with Crippen molar-refractivity contribution in [2.45, 2.75) is 11.4 Å². The van der Waals surface area contributed by atoms with Crippen LogP contribution in [0.15, 0.2) is 44.0 Å². The Bertz CT molecular complexity index is 1120. The van der Waals surface area contributed by atoms with Crippen molar-refractivity contribution >= 4 is 27.1 Å². The van der Waals surface area contributed by atoms with Crippen molar-refractivity contribution in [1.82, 2.24) is 19.4 Å². The maximum atomic E-state index is 12.1. The maximum Gasteiger partial charge on any atom is 0.437 e. The van der Waals surface area contributed by atoms with E-state index in [-0.39, 0.29) is 17.3 Å². The highest BCUT2D eigenvalue weighted by molar-refractivity contribution is 7.91. The Morgan fingerprint density at radius 2 is 2.04 bits per heavy atom. The van der Waals surface area contributed by atoms with E-state index in [4.69, 9.17) is 9.25 Å². The molecule has 144 valence electrons. The predicted molar refractivity (Wildman–Crippen MR) is 96.3 cm³/mol. The van der Waals surface area contributed by atoms with Gasteiger partial charge in [-0.2, -0.15) is 4.68 Å². The number of carbonyl (C=O) groups is 1. The van der Waals surface area contributed by atoms with E-state index in [0.717, 1.165) is 27.3 Å². The molecule has 10 nitrogen and oxygen atoms in total. The molecule has 0 N–H and O–H groups in total. The van der Waals surface area contributed by atoms with Crippen LogP contribution in [-0.4, -0.2) is 54.1 Å². The molecule has 0 unspecified atom stereocenters. The summed E-state index contributed by atoms with van der Waals surface area (Å²) in [5.41, 5.74) is 0.334.